The molecule has 0 saturated heterocycles. The molecule has 114 valence electrons. The molecule has 0 aliphatic heterocycles. The van der Waals surface area contributed by atoms with E-state index in [1.807, 2.05) is 0 Å². The number of carbonyl (C=O) groups is 2. The number of hydrogen-bond donors (Lipinski definition) is 1. The van der Waals surface area contributed by atoms with E-state index in [0.717, 1.165) is 5.56 Å². The van der Waals surface area contributed by atoms with Crippen molar-refractivity contribution in [2.75, 3.05) is 7.11 Å². The second-order valence-corrected chi connectivity index (χ2v) is 5.36. The standard InChI is InChI=1S/C15H12BrNO5/c1-22-15(21)11-6-12(16)13(18)17(8-11)7-9-2-4-10(5-3-9)14(19)20/h2-6,8H,7H2,1H3,(H,19,20). The first kappa shape index (κ1) is 16.0. The quantitative estimate of drug-likeness (QED) is 0.838. The van der Waals surface area contributed by atoms with Crippen LogP contribution in [0.5, 0.6) is 0 Å². The Morgan fingerprint density at radius 1 is 1.23 bits per heavy atom. The molecule has 0 bridgehead atoms. The molecule has 0 aliphatic carbocycles. The number of nitrogens with zero attached hydrogens (tertiary/aromatic N) is 1. The van der Waals surface area contributed by atoms with Crippen LogP contribution in [-0.4, -0.2) is 28.7 Å². The fourth-order valence-electron chi connectivity index (χ4n) is 1.90. The van der Waals surface area contributed by atoms with Crippen molar-refractivity contribution in [3.8, 4) is 0 Å². The zero-order valence-electron chi connectivity index (χ0n) is 11.6. The van der Waals surface area contributed by atoms with Crippen LogP contribution in [0, 0.1) is 0 Å². The topological polar surface area (TPSA) is 85.6 Å². The first-order chi connectivity index (χ1) is 10.4. The van der Waals surface area contributed by atoms with Gasteiger partial charge in [-0.2, -0.15) is 0 Å². The highest BCUT2D eigenvalue weighted by molar-refractivity contribution is 9.10. The van der Waals surface area contributed by atoms with Gasteiger partial charge in [-0.15, -0.1) is 0 Å². The number of aromatic carboxylic acids is 1. The molecule has 0 fully saturated rings. The maximum absolute atomic E-state index is 12.1. The minimum atomic E-state index is -1.01. The Hall–Kier alpha value is -2.41. The molecule has 7 heteroatoms. The molecule has 0 radical (unpaired) electrons. The summed E-state index contributed by atoms with van der Waals surface area (Å²) in [5.74, 6) is -1.56. The fourth-order valence-corrected chi connectivity index (χ4v) is 2.37. The van der Waals surface area contributed by atoms with Crippen LogP contribution in [-0.2, 0) is 11.3 Å². The Bertz CT molecular complexity index is 780. The Morgan fingerprint density at radius 3 is 2.41 bits per heavy atom. The van der Waals surface area contributed by atoms with Gasteiger partial charge in [0, 0.05) is 6.20 Å². The predicted molar refractivity (Wildman–Crippen MR) is 82.2 cm³/mol. The Labute approximate surface area is 134 Å². The van der Waals surface area contributed by atoms with Crippen molar-refractivity contribution in [3.63, 3.8) is 0 Å². The van der Waals surface area contributed by atoms with Crippen LogP contribution in [0.1, 0.15) is 26.3 Å². The molecule has 0 saturated carbocycles. The van der Waals surface area contributed by atoms with E-state index in [-0.39, 0.29) is 27.7 Å². The summed E-state index contributed by atoms with van der Waals surface area (Å²) in [6, 6.07) is 7.56. The van der Waals surface area contributed by atoms with Crippen LogP contribution < -0.4 is 5.56 Å². The maximum atomic E-state index is 12.1. The summed E-state index contributed by atoms with van der Waals surface area (Å²) >= 11 is 3.12. The molecule has 0 spiro atoms. The van der Waals surface area contributed by atoms with Gasteiger partial charge in [-0.25, -0.2) is 9.59 Å². The summed E-state index contributed by atoms with van der Waals surface area (Å²) in [7, 11) is 1.26. The van der Waals surface area contributed by atoms with Crippen LogP contribution in [0.4, 0.5) is 0 Å². The van der Waals surface area contributed by atoms with Crippen molar-refractivity contribution in [3.05, 3.63) is 68.0 Å². The van der Waals surface area contributed by atoms with E-state index >= 15 is 0 Å². The number of benzene rings is 1. The third-order valence-electron chi connectivity index (χ3n) is 3.02. The Balaban J connectivity index is 2.36. The van der Waals surface area contributed by atoms with Gasteiger partial charge in [-0.05, 0) is 39.7 Å². The van der Waals surface area contributed by atoms with Crippen molar-refractivity contribution in [2.45, 2.75) is 6.54 Å². The Morgan fingerprint density at radius 2 is 1.86 bits per heavy atom. The van der Waals surface area contributed by atoms with Gasteiger partial charge in [0.1, 0.15) is 0 Å². The number of methoxy groups -OCH3 is 1. The number of pyridine rings is 1. The van der Waals surface area contributed by atoms with Gasteiger partial charge in [0.15, 0.2) is 0 Å². The third-order valence-corrected chi connectivity index (χ3v) is 3.59. The summed E-state index contributed by atoms with van der Waals surface area (Å²) in [6.07, 6.45) is 1.41. The molecule has 0 unspecified atom stereocenters. The van der Waals surface area contributed by atoms with Crippen LogP contribution in [0.25, 0.3) is 0 Å². The zero-order chi connectivity index (χ0) is 16.3. The largest absolute Gasteiger partial charge is 0.478 e. The normalized spacial score (nSPS) is 10.3. The summed E-state index contributed by atoms with van der Waals surface area (Å²) in [6.45, 7) is 0.210. The number of aromatic nitrogens is 1. The minimum Gasteiger partial charge on any atom is -0.478 e. The zero-order valence-corrected chi connectivity index (χ0v) is 13.2. The fraction of sp³-hybridized carbons (Fsp3) is 0.133. The number of hydrogen-bond acceptors (Lipinski definition) is 4. The van der Waals surface area contributed by atoms with Crippen molar-refractivity contribution in [1.82, 2.24) is 4.57 Å². The van der Waals surface area contributed by atoms with Crippen LogP contribution >= 0.6 is 15.9 Å². The first-order valence-corrected chi connectivity index (χ1v) is 7.02. The number of esters is 1. The lowest BCUT2D eigenvalue weighted by molar-refractivity contribution is 0.0598. The lowest BCUT2D eigenvalue weighted by Gasteiger charge is -2.09. The molecule has 0 atom stereocenters. The van der Waals surface area contributed by atoms with Crippen molar-refractivity contribution < 1.29 is 19.4 Å². The number of halogens is 1. The van der Waals surface area contributed by atoms with E-state index in [4.69, 9.17) is 5.11 Å². The van der Waals surface area contributed by atoms with Gasteiger partial charge in [0.2, 0.25) is 0 Å². The molecular weight excluding hydrogens is 354 g/mol. The SMILES string of the molecule is COC(=O)c1cc(Br)c(=O)n(Cc2ccc(C(=O)O)cc2)c1. The average molecular weight is 366 g/mol. The molecule has 2 rings (SSSR count). The first-order valence-electron chi connectivity index (χ1n) is 6.23. The monoisotopic (exact) mass is 365 g/mol. The van der Waals surface area contributed by atoms with Crippen LogP contribution in [0.15, 0.2) is 45.8 Å². The molecule has 0 amide bonds. The smallest absolute Gasteiger partial charge is 0.339 e. The van der Waals surface area contributed by atoms with Crippen molar-refractivity contribution in [2.24, 2.45) is 0 Å². The van der Waals surface area contributed by atoms with E-state index in [0.29, 0.717) is 0 Å². The average Bonchev–Trinajstić information content (AvgIpc) is 2.51. The van der Waals surface area contributed by atoms with Gasteiger partial charge in [0.25, 0.3) is 5.56 Å². The molecule has 1 N–H and O–H groups in total. The highest BCUT2D eigenvalue weighted by Crippen LogP contribution is 2.11. The highest BCUT2D eigenvalue weighted by atomic mass is 79.9. The molecule has 22 heavy (non-hydrogen) atoms. The van der Waals surface area contributed by atoms with E-state index in [2.05, 4.69) is 20.7 Å². The molecule has 2 aromatic rings. The third kappa shape index (κ3) is 3.43. The van der Waals surface area contributed by atoms with Gasteiger partial charge >= 0.3 is 11.9 Å². The van der Waals surface area contributed by atoms with E-state index in [1.54, 1.807) is 12.1 Å². The van der Waals surface area contributed by atoms with Crippen molar-refractivity contribution in [1.29, 1.82) is 0 Å². The summed E-state index contributed by atoms with van der Waals surface area (Å²) in [5.41, 5.74) is 0.854. The van der Waals surface area contributed by atoms with E-state index < -0.39 is 11.9 Å². The summed E-state index contributed by atoms with van der Waals surface area (Å²) in [4.78, 5) is 34.5. The molecule has 6 nitrogen and oxygen atoms in total. The summed E-state index contributed by atoms with van der Waals surface area (Å²) in [5, 5.41) is 8.86. The minimum absolute atomic E-state index is 0.167. The van der Waals surface area contributed by atoms with E-state index in [9.17, 15) is 14.4 Å². The second-order valence-electron chi connectivity index (χ2n) is 4.50. The predicted octanol–water partition coefficient (Wildman–Crippen LogP) is 2.14. The molecule has 1 aromatic heterocycles. The van der Waals surface area contributed by atoms with Crippen LogP contribution in [0.2, 0.25) is 0 Å². The number of carboxylic acids is 1. The van der Waals surface area contributed by atoms with Gasteiger partial charge in [-0.1, -0.05) is 12.1 Å². The van der Waals surface area contributed by atoms with Gasteiger partial charge in [0.05, 0.1) is 29.3 Å². The lowest BCUT2D eigenvalue weighted by atomic mass is 10.1. The number of carbonyl (C=O) groups excluding carboxylic acids is 1. The van der Waals surface area contributed by atoms with Crippen LogP contribution in [0.3, 0.4) is 0 Å². The number of ether oxygens (including phenoxy) is 1. The summed E-state index contributed by atoms with van der Waals surface area (Å²) < 4.78 is 6.24. The van der Waals surface area contributed by atoms with E-state index in [1.165, 1.54) is 36.1 Å². The van der Waals surface area contributed by atoms with Gasteiger partial charge in [-0.3, -0.25) is 4.79 Å². The van der Waals surface area contributed by atoms with Gasteiger partial charge < -0.3 is 14.4 Å². The molecule has 0 aliphatic rings. The molecule has 1 heterocycles. The Kier molecular flexibility index (Phi) is 4.77. The lowest BCUT2D eigenvalue weighted by Crippen LogP contribution is -2.22. The number of carboxylic acid groups (broad SMARTS) is 1. The maximum Gasteiger partial charge on any atom is 0.339 e. The highest BCUT2D eigenvalue weighted by Gasteiger charge is 2.11. The second kappa shape index (κ2) is 6.57. The number of rotatable bonds is 4. The molecular formula is C15H12BrNO5. The molecule has 1 aromatic carbocycles. The van der Waals surface area contributed by atoms with Crippen molar-refractivity contribution >= 4 is 27.9 Å².